The number of aryl methyl sites for hydroxylation is 1. The van der Waals surface area contributed by atoms with Crippen molar-refractivity contribution < 1.29 is 8.42 Å². The first-order chi connectivity index (χ1) is 8.39. The zero-order valence-electron chi connectivity index (χ0n) is 10.7. The van der Waals surface area contributed by atoms with Crippen LogP contribution in [0.2, 0.25) is 0 Å². The van der Waals surface area contributed by atoms with Gasteiger partial charge in [-0.15, -0.1) is 0 Å². The van der Waals surface area contributed by atoms with Crippen LogP contribution in [0.15, 0.2) is 53.0 Å². The number of hydrogen-bond acceptors (Lipinski definition) is 2. The van der Waals surface area contributed by atoms with Gasteiger partial charge in [0.05, 0.1) is 4.90 Å². The van der Waals surface area contributed by atoms with Gasteiger partial charge >= 0.3 is 0 Å². The number of sulfonamides is 1. The Hall–Kier alpha value is -1.39. The highest BCUT2D eigenvalue weighted by Crippen LogP contribution is 2.22. The van der Waals surface area contributed by atoms with Gasteiger partial charge in [-0.25, -0.2) is 8.42 Å². The van der Waals surface area contributed by atoms with Crippen molar-refractivity contribution >= 4 is 10.0 Å². The zero-order chi connectivity index (χ0) is 13.3. The maximum absolute atomic E-state index is 12.4. The second kappa shape index (κ2) is 4.71. The van der Waals surface area contributed by atoms with E-state index in [0.29, 0.717) is 18.0 Å². The number of nitrogens with zero attached hydrogens (tertiary/aromatic N) is 1. The molecule has 0 atom stereocenters. The van der Waals surface area contributed by atoms with E-state index in [2.05, 4.69) is 6.58 Å². The van der Waals surface area contributed by atoms with E-state index in [1.807, 2.05) is 32.1 Å². The quantitative estimate of drug-likeness (QED) is 0.822. The molecule has 0 aromatic heterocycles. The van der Waals surface area contributed by atoms with Crippen molar-refractivity contribution in [3.63, 3.8) is 0 Å². The van der Waals surface area contributed by atoms with Gasteiger partial charge in [0.15, 0.2) is 0 Å². The van der Waals surface area contributed by atoms with E-state index in [0.717, 1.165) is 16.7 Å². The average molecular weight is 263 g/mol. The lowest BCUT2D eigenvalue weighted by molar-refractivity contribution is 0.454. The monoisotopic (exact) mass is 263 g/mol. The van der Waals surface area contributed by atoms with E-state index < -0.39 is 10.0 Å². The first-order valence-electron chi connectivity index (χ1n) is 5.81. The molecule has 1 aromatic rings. The maximum Gasteiger partial charge on any atom is 0.243 e. The van der Waals surface area contributed by atoms with E-state index in [9.17, 15) is 8.42 Å². The first kappa shape index (κ1) is 13.1. The summed E-state index contributed by atoms with van der Waals surface area (Å²) in [7, 11) is -3.41. The van der Waals surface area contributed by atoms with Gasteiger partial charge in [0.2, 0.25) is 10.0 Å². The summed E-state index contributed by atoms with van der Waals surface area (Å²) < 4.78 is 26.4. The molecule has 0 saturated carbocycles. The average Bonchev–Trinajstić information content (AvgIpc) is 2.28. The molecule has 1 aliphatic heterocycles. The fourth-order valence-electron chi connectivity index (χ4n) is 2.03. The van der Waals surface area contributed by atoms with Crippen molar-refractivity contribution in [2.45, 2.75) is 18.7 Å². The van der Waals surface area contributed by atoms with Gasteiger partial charge in [0, 0.05) is 13.1 Å². The van der Waals surface area contributed by atoms with E-state index in [1.54, 1.807) is 12.1 Å². The van der Waals surface area contributed by atoms with E-state index in [1.165, 1.54) is 4.31 Å². The van der Waals surface area contributed by atoms with Gasteiger partial charge in [-0.2, -0.15) is 4.31 Å². The molecule has 0 radical (unpaired) electrons. The molecule has 4 heteroatoms. The zero-order valence-corrected chi connectivity index (χ0v) is 11.5. The lowest BCUT2D eigenvalue weighted by Crippen LogP contribution is -2.36. The Morgan fingerprint density at radius 3 is 2.28 bits per heavy atom. The number of hydrogen-bond donors (Lipinski definition) is 0. The molecular weight excluding hydrogens is 246 g/mol. The molecule has 18 heavy (non-hydrogen) atoms. The predicted molar refractivity (Wildman–Crippen MR) is 72.8 cm³/mol. The summed E-state index contributed by atoms with van der Waals surface area (Å²) in [6, 6.07) is 6.94. The Bertz CT molecular complexity index is 597. The summed E-state index contributed by atoms with van der Waals surface area (Å²) in [6.45, 7) is 8.52. The van der Waals surface area contributed by atoms with E-state index in [4.69, 9.17) is 0 Å². The van der Waals surface area contributed by atoms with E-state index in [-0.39, 0.29) is 0 Å². The molecule has 0 unspecified atom stereocenters. The molecule has 0 amide bonds. The van der Waals surface area contributed by atoms with Gasteiger partial charge in [-0.3, -0.25) is 0 Å². The third kappa shape index (κ3) is 2.54. The van der Waals surface area contributed by atoms with Crippen molar-refractivity contribution in [1.82, 2.24) is 4.31 Å². The Morgan fingerprint density at radius 2 is 1.72 bits per heavy atom. The predicted octanol–water partition coefficient (Wildman–Crippen LogP) is 2.50. The SMILES string of the molecule is C=C1C=C(C)CN(S(=O)(=O)c2ccc(C)cc2)C1. The van der Waals surface area contributed by atoms with Crippen LogP contribution in [0, 0.1) is 6.92 Å². The van der Waals surface area contributed by atoms with Crippen LogP contribution in [0.3, 0.4) is 0 Å². The van der Waals surface area contributed by atoms with Crippen molar-refractivity contribution in [1.29, 1.82) is 0 Å². The fourth-order valence-corrected chi connectivity index (χ4v) is 3.52. The Balaban J connectivity index is 2.35. The van der Waals surface area contributed by atoms with Gasteiger partial charge in [-0.1, -0.05) is 35.9 Å². The molecule has 2 rings (SSSR count). The molecule has 1 heterocycles. The van der Waals surface area contributed by atoms with Crippen LogP contribution in [0.5, 0.6) is 0 Å². The largest absolute Gasteiger partial charge is 0.243 e. The molecular formula is C14H17NO2S. The van der Waals surface area contributed by atoms with Gasteiger partial charge in [0.25, 0.3) is 0 Å². The Kier molecular flexibility index (Phi) is 3.41. The summed E-state index contributed by atoms with van der Waals surface area (Å²) in [4.78, 5) is 0.343. The molecule has 0 saturated heterocycles. The summed E-state index contributed by atoms with van der Waals surface area (Å²) in [5.74, 6) is 0. The maximum atomic E-state index is 12.4. The highest BCUT2D eigenvalue weighted by atomic mass is 32.2. The normalized spacial score (nSPS) is 17.7. The molecule has 3 nitrogen and oxygen atoms in total. The minimum Gasteiger partial charge on any atom is -0.207 e. The van der Waals surface area contributed by atoms with Crippen LogP contribution in [0.4, 0.5) is 0 Å². The van der Waals surface area contributed by atoms with Crippen LogP contribution >= 0.6 is 0 Å². The highest BCUT2D eigenvalue weighted by Gasteiger charge is 2.26. The molecule has 1 aliphatic rings. The molecule has 1 aromatic carbocycles. The molecule has 0 bridgehead atoms. The second-order valence-electron chi connectivity index (χ2n) is 4.74. The minimum absolute atomic E-state index is 0.343. The van der Waals surface area contributed by atoms with Gasteiger partial charge in [0.1, 0.15) is 0 Å². The van der Waals surface area contributed by atoms with Crippen LogP contribution < -0.4 is 0 Å². The molecule has 0 aliphatic carbocycles. The highest BCUT2D eigenvalue weighted by molar-refractivity contribution is 7.89. The topological polar surface area (TPSA) is 37.4 Å². The van der Waals surface area contributed by atoms with Crippen molar-refractivity contribution in [3.8, 4) is 0 Å². The molecule has 0 fully saturated rings. The standard InChI is InChI=1S/C14H17NO2S/c1-11-4-6-14(7-5-11)18(16,17)15-9-12(2)8-13(3)10-15/h4-8H,2,9-10H2,1,3H3. The third-order valence-electron chi connectivity index (χ3n) is 2.91. The second-order valence-corrected chi connectivity index (χ2v) is 6.67. The molecule has 96 valence electrons. The summed E-state index contributed by atoms with van der Waals surface area (Å²) in [6.07, 6.45) is 1.95. The lowest BCUT2D eigenvalue weighted by Gasteiger charge is -2.26. The van der Waals surface area contributed by atoms with Crippen LogP contribution in [-0.4, -0.2) is 25.8 Å². The van der Waals surface area contributed by atoms with E-state index >= 15 is 0 Å². The third-order valence-corrected chi connectivity index (χ3v) is 4.72. The van der Waals surface area contributed by atoms with Crippen LogP contribution in [0.1, 0.15) is 12.5 Å². The van der Waals surface area contributed by atoms with Crippen molar-refractivity contribution in [3.05, 3.63) is 53.6 Å². The number of benzene rings is 1. The Morgan fingerprint density at radius 1 is 1.11 bits per heavy atom. The van der Waals surface area contributed by atoms with Gasteiger partial charge < -0.3 is 0 Å². The minimum atomic E-state index is -3.41. The number of rotatable bonds is 2. The fraction of sp³-hybridized carbons (Fsp3) is 0.286. The van der Waals surface area contributed by atoms with Gasteiger partial charge in [-0.05, 0) is 31.6 Å². The van der Waals surface area contributed by atoms with Crippen LogP contribution in [-0.2, 0) is 10.0 Å². The van der Waals surface area contributed by atoms with Crippen molar-refractivity contribution in [2.24, 2.45) is 0 Å². The summed E-state index contributed by atoms with van der Waals surface area (Å²) in [5.41, 5.74) is 2.89. The molecule has 0 spiro atoms. The van der Waals surface area contributed by atoms with Crippen molar-refractivity contribution in [2.75, 3.05) is 13.1 Å². The molecule has 0 N–H and O–H groups in total. The Labute approximate surface area is 108 Å². The first-order valence-corrected chi connectivity index (χ1v) is 7.25. The van der Waals surface area contributed by atoms with Crippen LogP contribution in [0.25, 0.3) is 0 Å². The lowest BCUT2D eigenvalue weighted by atomic mass is 10.1. The smallest absolute Gasteiger partial charge is 0.207 e. The summed E-state index contributed by atoms with van der Waals surface area (Å²) >= 11 is 0. The summed E-state index contributed by atoms with van der Waals surface area (Å²) in [5, 5.41) is 0.